The van der Waals surface area contributed by atoms with Gasteiger partial charge in [-0.05, 0) is 42.2 Å². The van der Waals surface area contributed by atoms with Gasteiger partial charge in [-0.25, -0.2) is 0 Å². The molecule has 0 spiro atoms. The van der Waals surface area contributed by atoms with Gasteiger partial charge in [-0.1, -0.05) is 35.9 Å². The number of halogens is 1. The summed E-state index contributed by atoms with van der Waals surface area (Å²) in [5.41, 5.74) is 3.19. The minimum absolute atomic E-state index is 0.0405. The highest BCUT2D eigenvalue weighted by Gasteiger charge is 2.39. The van der Waals surface area contributed by atoms with E-state index in [1.807, 2.05) is 30.3 Å². The first-order valence-corrected chi connectivity index (χ1v) is 8.15. The summed E-state index contributed by atoms with van der Waals surface area (Å²) in [6.07, 6.45) is 5.45. The Bertz CT molecular complexity index is 787. The summed E-state index contributed by atoms with van der Waals surface area (Å²) in [7, 11) is 1.57. The van der Waals surface area contributed by atoms with Gasteiger partial charge in [0.25, 0.3) is 0 Å². The zero-order valence-electron chi connectivity index (χ0n) is 12.8. The number of allylic oxidation sites excluding steroid dienone is 2. The van der Waals surface area contributed by atoms with E-state index in [1.165, 1.54) is 5.56 Å². The van der Waals surface area contributed by atoms with Crippen LogP contribution in [0.5, 0.6) is 11.5 Å². The SMILES string of the molecule is COc1cccc(C2Nc3ccc(Cl)cc3C3C=CCC32)c1O. The van der Waals surface area contributed by atoms with Gasteiger partial charge in [0.05, 0.1) is 13.2 Å². The van der Waals surface area contributed by atoms with Gasteiger partial charge in [-0.15, -0.1) is 0 Å². The number of hydrogen-bond donors (Lipinski definition) is 2. The first-order chi connectivity index (χ1) is 11.2. The Hall–Kier alpha value is -2.13. The maximum atomic E-state index is 10.5. The van der Waals surface area contributed by atoms with Crippen molar-refractivity contribution in [2.75, 3.05) is 12.4 Å². The molecule has 118 valence electrons. The normalized spacial score (nSPS) is 24.7. The second kappa shape index (κ2) is 5.50. The van der Waals surface area contributed by atoms with E-state index in [9.17, 15) is 5.11 Å². The Morgan fingerprint density at radius 2 is 2.09 bits per heavy atom. The van der Waals surface area contributed by atoms with Gasteiger partial charge in [0.2, 0.25) is 0 Å². The Kier molecular flexibility index (Phi) is 3.46. The van der Waals surface area contributed by atoms with E-state index < -0.39 is 0 Å². The Morgan fingerprint density at radius 1 is 1.22 bits per heavy atom. The molecule has 0 fully saturated rings. The van der Waals surface area contributed by atoms with Crippen LogP contribution in [0.3, 0.4) is 0 Å². The summed E-state index contributed by atoms with van der Waals surface area (Å²) >= 11 is 6.18. The van der Waals surface area contributed by atoms with Crippen LogP contribution in [-0.2, 0) is 0 Å². The summed E-state index contributed by atoms with van der Waals surface area (Å²) in [6.45, 7) is 0. The summed E-state index contributed by atoms with van der Waals surface area (Å²) in [4.78, 5) is 0. The molecule has 3 atom stereocenters. The number of phenols is 1. The second-order valence-electron chi connectivity index (χ2n) is 6.11. The number of benzene rings is 2. The van der Waals surface area contributed by atoms with Crippen LogP contribution >= 0.6 is 11.6 Å². The molecule has 4 rings (SSSR count). The highest BCUT2D eigenvalue weighted by Crippen LogP contribution is 2.52. The molecular weight excluding hydrogens is 310 g/mol. The van der Waals surface area contributed by atoms with Crippen LogP contribution < -0.4 is 10.1 Å². The average Bonchev–Trinajstić information content (AvgIpc) is 3.05. The van der Waals surface area contributed by atoms with E-state index >= 15 is 0 Å². The third-order valence-electron chi connectivity index (χ3n) is 4.91. The topological polar surface area (TPSA) is 41.5 Å². The fourth-order valence-corrected chi connectivity index (χ4v) is 4.01. The van der Waals surface area contributed by atoms with Gasteiger partial charge in [-0.3, -0.25) is 0 Å². The van der Waals surface area contributed by atoms with E-state index in [0.717, 1.165) is 22.7 Å². The summed E-state index contributed by atoms with van der Waals surface area (Å²) < 4.78 is 5.26. The third-order valence-corrected chi connectivity index (χ3v) is 5.15. The van der Waals surface area contributed by atoms with E-state index in [-0.39, 0.29) is 11.8 Å². The van der Waals surface area contributed by atoms with E-state index in [1.54, 1.807) is 13.2 Å². The second-order valence-corrected chi connectivity index (χ2v) is 6.54. The minimum Gasteiger partial charge on any atom is -0.504 e. The van der Waals surface area contributed by atoms with Crippen LogP contribution in [0.4, 0.5) is 5.69 Å². The maximum absolute atomic E-state index is 10.5. The fourth-order valence-electron chi connectivity index (χ4n) is 3.83. The number of aromatic hydroxyl groups is 1. The summed E-state index contributed by atoms with van der Waals surface area (Å²) in [5, 5.41) is 14.9. The Balaban J connectivity index is 1.81. The Labute approximate surface area is 140 Å². The largest absolute Gasteiger partial charge is 0.504 e. The molecule has 23 heavy (non-hydrogen) atoms. The van der Waals surface area contributed by atoms with E-state index in [0.29, 0.717) is 17.6 Å². The lowest BCUT2D eigenvalue weighted by atomic mass is 9.77. The molecule has 1 heterocycles. The van der Waals surface area contributed by atoms with Gasteiger partial charge >= 0.3 is 0 Å². The minimum atomic E-state index is 0.0405. The molecule has 2 aromatic rings. The molecule has 4 heteroatoms. The number of hydrogen-bond acceptors (Lipinski definition) is 3. The molecular formula is C19H18ClNO2. The molecule has 3 unspecified atom stereocenters. The standard InChI is InChI=1S/C19H18ClNO2/c1-23-17-7-3-6-14(19(17)22)18-13-5-2-4-12(13)15-10-11(20)8-9-16(15)21-18/h2-4,6-10,12-13,18,21-22H,5H2,1H3. The van der Waals surface area contributed by atoms with Gasteiger partial charge in [0, 0.05) is 22.2 Å². The summed E-state index contributed by atoms with van der Waals surface area (Å²) in [6, 6.07) is 11.7. The quantitative estimate of drug-likeness (QED) is 0.772. The molecule has 1 aliphatic heterocycles. The molecule has 0 amide bonds. The molecule has 2 N–H and O–H groups in total. The van der Waals surface area contributed by atoms with Gasteiger partial charge in [0.1, 0.15) is 0 Å². The zero-order valence-corrected chi connectivity index (χ0v) is 13.5. The number of rotatable bonds is 2. The van der Waals surface area contributed by atoms with Crippen molar-refractivity contribution in [3.05, 3.63) is 64.7 Å². The van der Waals surface area contributed by atoms with Crippen LogP contribution in [0, 0.1) is 5.92 Å². The fraction of sp³-hybridized carbons (Fsp3) is 0.263. The molecule has 0 aromatic heterocycles. The number of fused-ring (bicyclic) bond motifs is 3. The van der Waals surface area contributed by atoms with Crippen LogP contribution in [0.2, 0.25) is 5.02 Å². The molecule has 2 aliphatic rings. The zero-order chi connectivity index (χ0) is 16.0. The van der Waals surface area contributed by atoms with E-state index in [4.69, 9.17) is 16.3 Å². The summed E-state index contributed by atoms with van der Waals surface area (Å²) in [5.74, 6) is 1.41. The number of ether oxygens (including phenoxy) is 1. The monoisotopic (exact) mass is 327 g/mol. The lowest BCUT2D eigenvalue weighted by molar-refractivity contribution is 0.358. The highest BCUT2D eigenvalue weighted by molar-refractivity contribution is 6.30. The van der Waals surface area contributed by atoms with Crippen molar-refractivity contribution in [1.82, 2.24) is 0 Å². The molecule has 2 aromatic carbocycles. The number of para-hydroxylation sites is 1. The number of anilines is 1. The van der Waals surface area contributed by atoms with Crippen LogP contribution in [0.15, 0.2) is 48.6 Å². The van der Waals surface area contributed by atoms with Crippen LogP contribution in [-0.4, -0.2) is 12.2 Å². The smallest absolute Gasteiger partial charge is 0.163 e. The van der Waals surface area contributed by atoms with Crippen molar-refractivity contribution in [1.29, 1.82) is 0 Å². The molecule has 0 radical (unpaired) electrons. The number of nitrogens with one attached hydrogen (secondary N) is 1. The number of phenolic OH excluding ortho intramolecular Hbond substituents is 1. The van der Waals surface area contributed by atoms with Crippen LogP contribution in [0.25, 0.3) is 0 Å². The predicted molar refractivity (Wildman–Crippen MR) is 92.5 cm³/mol. The van der Waals surface area contributed by atoms with Crippen molar-refractivity contribution in [3.63, 3.8) is 0 Å². The number of methoxy groups -OCH3 is 1. The predicted octanol–water partition coefficient (Wildman–Crippen LogP) is 4.88. The Morgan fingerprint density at radius 3 is 2.91 bits per heavy atom. The molecule has 0 bridgehead atoms. The average molecular weight is 328 g/mol. The molecule has 0 saturated heterocycles. The van der Waals surface area contributed by atoms with E-state index in [2.05, 4.69) is 17.5 Å². The van der Waals surface area contributed by atoms with Crippen LogP contribution in [0.1, 0.15) is 29.5 Å². The lowest BCUT2D eigenvalue weighted by Crippen LogP contribution is -2.29. The first kappa shape index (κ1) is 14.5. The molecule has 1 aliphatic carbocycles. The van der Waals surface area contributed by atoms with Crippen molar-refractivity contribution in [3.8, 4) is 11.5 Å². The first-order valence-electron chi connectivity index (χ1n) is 7.77. The molecule has 0 saturated carbocycles. The lowest BCUT2D eigenvalue weighted by Gasteiger charge is -2.37. The van der Waals surface area contributed by atoms with Crippen molar-refractivity contribution in [2.45, 2.75) is 18.4 Å². The van der Waals surface area contributed by atoms with Gasteiger partial charge in [-0.2, -0.15) is 0 Å². The maximum Gasteiger partial charge on any atom is 0.163 e. The van der Waals surface area contributed by atoms with Crippen molar-refractivity contribution >= 4 is 17.3 Å². The third kappa shape index (κ3) is 2.27. The molecule has 3 nitrogen and oxygen atoms in total. The van der Waals surface area contributed by atoms with Crippen molar-refractivity contribution in [2.24, 2.45) is 5.92 Å². The highest BCUT2D eigenvalue weighted by atomic mass is 35.5. The van der Waals surface area contributed by atoms with Crippen molar-refractivity contribution < 1.29 is 9.84 Å². The van der Waals surface area contributed by atoms with Gasteiger partial charge < -0.3 is 15.2 Å². The van der Waals surface area contributed by atoms with Gasteiger partial charge in [0.15, 0.2) is 11.5 Å².